The van der Waals surface area contributed by atoms with Crippen LogP contribution in [0.4, 0.5) is 0 Å². The van der Waals surface area contributed by atoms with Gasteiger partial charge in [0.15, 0.2) is 5.84 Å². The Kier molecular flexibility index (Phi) is 7.31. The van der Waals surface area contributed by atoms with Gasteiger partial charge in [-0.3, -0.25) is 0 Å². The topological polar surface area (TPSA) is 36.8 Å². The first kappa shape index (κ1) is 31.4. The van der Waals surface area contributed by atoms with Crippen LogP contribution in [-0.2, 0) is 6.42 Å². The van der Waals surface area contributed by atoms with Gasteiger partial charge in [0.1, 0.15) is 12.0 Å². The molecule has 1 unspecified atom stereocenters. The molecule has 1 aliphatic carbocycles. The first-order chi connectivity index (χ1) is 27.2. The van der Waals surface area contributed by atoms with Crippen LogP contribution in [0.5, 0.6) is 0 Å². The second kappa shape index (κ2) is 12.8. The zero-order valence-corrected chi connectivity index (χ0v) is 30.1. The molecule has 0 aromatic heterocycles. The Morgan fingerprint density at radius 3 is 1.82 bits per heavy atom. The maximum atomic E-state index is 5.24. The second-order valence-corrected chi connectivity index (χ2v) is 14.6. The summed E-state index contributed by atoms with van der Waals surface area (Å²) >= 11 is 0. The smallest absolute Gasteiger partial charge is 0.159 e. The molecule has 0 amide bonds. The van der Waals surface area contributed by atoms with E-state index in [0.717, 1.165) is 34.8 Å². The maximum absolute atomic E-state index is 5.24. The summed E-state index contributed by atoms with van der Waals surface area (Å²) < 4.78 is 0. The molecule has 258 valence electrons. The quantitative estimate of drug-likeness (QED) is 0.191. The highest BCUT2D eigenvalue weighted by Crippen LogP contribution is 2.48. The van der Waals surface area contributed by atoms with E-state index in [0.29, 0.717) is 0 Å². The lowest BCUT2D eigenvalue weighted by atomic mass is 9.89. The van der Waals surface area contributed by atoms with Gasteiger partial charge in [-0.1, -0.05) is 170 Å². The lowest BCUT2D eigenvalue weighted by molar-refractivity contribution is 0.674. The largest absolute Gasteiger partial charge is 0.344 e. The molecule has 0 saturated carbocycles. The van der Waals surface area contributed by atoms with Crippen LogP contribution in [-0.4, -0.2) is 11.7 Å². The molecular formula is C52H35N3. The SMILES string of the molecule is c1ccc(-c2cc3c(c4ccccc24)Cc2cccc(-c4ccc(C5N=C(c6ccc7ccccc7c6)N=C(c6ccc7ccccc7c6)N5)cc4)c2-3)cc1. The number of nitrogens with zero attached hydrogens (tertiary/aromatic N) is 2. The van der Waals surface area contributed by atoms with E-state index in [-0.39, 0.29) is 6.17 Å². The van der Waals surface area contributed by atoms with Crippen molar-refractivity contribution in [3.05, 3.63) is 216 Å². The van der Waals surface area contributed by atoms with Crippen molar-refractivity contribution in [1.82, 2.24) is 5.32 Å². The molecule has 3 nitrogen and oxygen atoms in total. The van der Waals surface area contributed by atoms with Gasteiger partial charge in [0.05, 0.1) is 0 Å². The van der Waals surface area contributed by atoms with Gasteiger partial charge in [-0.2, -0.15) is 0 Å². The molecule has 1 heterocycles. The number of rotatable bonds is 5. The minimum Gasteiger partial charge on any atom is -0.344 e. The Hall–Kier alpha value is -7.10. The zero-order chi connectivity index (χ0) is 36.3. The summed E-state index contributed by atoms with van der Waals surface area (Å²) in [4.78, 5) is 10.4. The lowest BCUT2D eigenvalue weighted by Crippen LogP contribution is -2.33. The molecule has 0 saturated heterocycles. The van der Waals surface area contributed by atoms with Gasteiger partial charge < -0.3 is 5.32 Å². The van der Waals surface area contributed by atoms with Crippen molar-refractivity contribution in [3.63, 3.8) is 0 Å². The molecule has 0 fully saturated rings. The van der Waals surface area contributed by atoms with Gasteiger partial charge in [0.2, 0.25) is 0 Å². The predicted octanol–water partition coefficient (Wildman–Crippen LogP) is 12.5. The summed E-state index contributed by atoms with van der Waals surface area (Å²) in [6.45, 7) is 0. The Morgan fingerprint density at radius 2 is 1.05 bits per heavy atom. The van der Waals surface area contributed by atoms with Gasteiger partial charge in [-0.05, 0) is 107 Å². The van der Waals surface area contributed by atoms with E-state index in [1.54, 1.807) is 0 Å². The summed E-state index contributed by atoms with van der Waals surface area (Å²) in [5.41, 5.74) is 13.6. The third-order valence-electron chi connectivity index (χ3n) is 11.3. The molecule has 9 aromatic carbocycles. The van der Waals surface area contributed by atoms with Crippen molar-refractivity contribution in [2.24, 2.45) is 9.98 Å². The first-order valence-corrected chi connectivity index (χ1v) is 19.0. The van der Waals surface area contributed by atoms with E-state index in [1.807, 2.05) is 0 Å². The van der Waals surface area contributed by atoms with Gasteiger partial charge in [-0.25, -0.2) is 9.98 Å². The fraction of sp³-hybridized carbons (Fsp3) is 0.0385. The van der Waals surface area contributed by atoms with Crippen LogP contribution in [0.1, 0.15) is 34.0 Å². The molecular weight excluding hydrogens is 667 g/mol. The molecule has 1 atom stereocenters. The number of hydrogen-bond donors (Lipinski definition) is 1. The average molecular weight is 702 g/mol. The van der Waals surface area contributed by atoms with E-state index < -0.39 is 0 Å². The highest BCUT2D eigenvalue weighted by atomic mass is 15.2. The number of amidine groups is 2. The molecule has 3 heteroatoms. The van der Waals surface area contributed by atoms with Crippen molar-refractivity contribution >= 4 is 44.0 Å². The lowest BCUT2D eigenvalue weighted by Gasteiger charge is -2.24. The average Bonchev–Trinajstić information content (AvgIpc) is 3.65. The van der Waals surface area contributed by atoms with E-state index in [4.69, 9.17) is 9.98 Å². The summed E-state index contributed by atoms with van der Waals surface area (Å²) in [6.07, 6.45) is 0.623. The predicted molar refractivity (Wildman–Crippen MR) is 230 cm³/mol. The molecule has 2 aliphatic rings. The van der Waals surface area contributed by atoms with Crippen LogP contribution in [0, 0.1) is 0 Å². The highest BCUT2D eigenvalue weighted by molar-refractivity contribution is 6.14. The van der Waals surface area contributed by atoms with Gasteiger partial charge >= 0.3 is 0 Å². The Morgan fingerprint density at radius 1 is 0.436 bits per heavy atom. The van der Waals surface area contributed by atoms with Crippen LogP contribution < -0.4 is 5.32 Å². The Labute approximate surface area is 320 Å². The fourth-order valence-electron chi connectivity index (χ4n) is 8.61. The second-order valence-electron chi connectivity index (χ2n) is 14.6. The van der Waals surface area contributed by atoms with Crippen LogP contribution in [0.15, 0.2) is 198 Å². The third-order valence-corrected chi connectivity index (χ3v) is 11.3. The fourth-order valence-corrected chi connectivity index (χ4v) is 8.61. The molecule has 0 spiro atoms. The van der Waals surface area contributed by atoms with Crippen LogP contribution in [0.3, 0.4) is 0 Å². The molecule has 9 aromatic rings. The van der Waals surface area contributed by atoms with E-state index in [9.17, 15) is 0 Å². The summed E-state index contributed by atoms with van der Waals surface area (Å²) in [7, 11) is 0. The Balaban J connectivity index is 0.995. The molecule has 1 aliphatic heterocycles. The van der Waals surface area contributed by atoms with E-state index >= 15 is 0 Å². The summed E-state index contributed by atoms with van der Waals surface area (Å²) in [5.74, 6) is 1.54. The summed E-state index contributed by atoms with van der Waals surface area (Å²) in [6, 6.07) is 67.8. The van der Waals surface area contributed by atoms with Crippen molar-refractivity contribution in [1.29, 1.82) is 0 Å². The van der Waals surface area contributed by atoms with Crippen molar-refractivity contribution in [2.45, 2.75) is 12.6 Å². The maximum Gasteiger partial charge on any atom is 0.159 e. The van der Waals surface area contributed by atoms with Gasteiger partial charge in [0.25, 0.3) is 0 Å². The molecule has 0 radical (unpaired) electrons. The minimum atomic E-state index is -0.309. The third kappa shape index (κ3) is 5.43. The van der Waals surface area contributed by atoms with Crippen molar-refractivity contribution in [2.75, 3.05) is 0 Å². The number of aliphatic imine (C=N–C) groups is 2. The van der Waals surface area contributed by atoms with Gasteiger partial charge in [0, 0.05) is 11.1 Å². The number of fused-ring (bicyclic) bond motifs is 7. The Bertz CT molecular complexity index is 3030. The standard InChI is InChI=1S/C52H35N3/c1-2-13-35(14-3-1)46-32-48-47(45-19-9-8-18-44(45)46)31-40-17-10-20-43(49(40)48)36-23-25-37(26-24-36)50-53-51(41-27-21-33-11-4-6-15-38(33)29-41)55-52(54-50)42-28-22-34-12-5-7-16-39(34)30-42/h1-30,32,50H,31H2,(H,53,54,55). The van der Waals surface area contributed by atoms with Crippen molar-refractivity contribution in [3.8, 4) is 33.4 Å². The van der Waals surface area contributed by atoms with Crippen LogP contribution >= 0.6 is 0 Å². The molecule has 0 bridgehead atoms. The minimum absolute atomic E-state index is 0.309. The van der Waals surface area contributed by atoms with Crippen molar-refractivity contribution < 1.29 is 0 Å². The normalized spacial score (nSPS) is 14.7. The zero-order valence-electron chi connectivity index (χ0n) is 30.1. The monoisotopic (exact) mass is 701 g/mol. The van der Waals surface area contributed by atoms with Crippen LogP contribution in [0.2, 0.25) is 0 Å². The van der Waals surface area contributed by atoms with Crippen LogP contribution in [0.25, 0.3) is 65.7 Å². The number of nitrogens with one attached hydrogen (secondary N) is 1. The number of hydrogen-bond acceptors (Lipinski definition) is 3. The molecule has 55 heavy (non-hydrogen) atoms. The van der Waals surface area contributed by atoms with Gasteiger partial charge in [-0.15, -0.1) is 0 Å². The molecule has 11 rings (SSSR count). The van der Waals surface area contributed by atoms with E-state index in [1.165, 1.54) is 76.8 Å². The van der Waals surface area contributed by atoms with E-state index in [2.05, 4.69) is 193 Å². The molecule has 1 N–H and O–H groups in total. The number of benzene rings is 9. The first-order valence-electron chi connectivity index (χ1n) is 19.0. The highest BCUT2D eigenvalue weighted by Gasteiger charge is 2.26. The summed E-state index contributed by atoms with van der Waals surface area (Å²) in [5, 5.41) is 11.1.